The molecule has 2 heteroatoms. The van der Waals surface area contributed by atoms with Crippen molar-refractivity contribution in [2.24, 2.45) is 0 Å². The van der Waals surface area contributed by atoms with Crippen molar-refractivity contribution in [1.29, 1.82) is 0 Å². The zero-order valence-corrected chi connectivity index (χ0v) is 15.3. The number of allylic oxidation sites excluding steroid dienone is 1. The monoisotopic (exact) mass is 318 g/mol. The summed E-state index contributed by atoms with van der Waals surface area (Å²) in [6, 6.07) is 4.23. The van der Waals surface area contributed by atoms with Gasteiger partial charge < -0.3 is 10.2 Å². The predicted octanol–water partition coefficient (Wildman–Crippen LogP) is 5.31. The van der Waals surface area contributed by atoms with Crippen LogP contribution in [0.1, 0.15) is 80.2 Å². The highest BCUT2D eigenvalue weighted by molar-refractivity contribution is 5.40. The summed E-state index contributed by atoms with van der Waals surface area (Å²) >= 11 is 0. The second kappa shape index (κ2) is 10.6. The molecule has 23 heavy (non-hydrogen) atoms. The van der Waals surface area contributed by atoms with Crippen LogP contribution in [0.25, 0.3) is 0 Å². The standard InChI is InChI=1S/C21H34O2/c1-5-6-8-11-19(22)12-9-7-10-13-20(23)21-17(3)14-16(2)15-18(21)4/h10,13-15,19-20,22-23H,5-9,11-12H2,1-4H3/b13-10+. The van der Waals surface area contributed by atoms with E-state index in [-0.39, 0.29) is 6.10 Å². The zero-order chi connectivity index (χ0) is 17.2. The van der Waals surface area contributed by atoms with Crippen molar-refractivity contribution >= 4 is 0 Å². The van der Waals surface area contributed by atoms with Gasteiger partial charge in [-0.1, -0.05) is 56.0 Å². The Balaban J connectivity index is 2.38. The molecule has 1 aromatic rings. The average Bonchev–Trinajstić information content (AvgIpc) is 2.46. The summed E-state index contributed by atoms with van der Waals surface area (Å²) in [4.78, 5) is 0. The summed E-state index contributed by atoms with van der Waals surface area (Å²) < 4.78 is 0. The van der Waals surface area contributed by atoms with Crippen LogP contribution < -0.4 is 0 Å². The number of benzene rings is 1. The molecule has 2 nitrogen and oxygen atoms in total. The lowest BCUT2D eigenvalue weighted by Crippen LogP contribution is -2.05. The van der Waals surface area contributed by atoms with Gasteiger partial charge in [0.15, 0.2) is 0 Å². The third kappa shape index (κ3) is 7.32. The van der Waals surface area contributed by atoms with E-state index in [1.807, 2.05) is 12.2 Å². The van der Waals surface area contributed by atoms with Crippen LogP contribution in [0.4, 0.5) is 0 Å². The van der Waals surface area contributed by atoms with Crippen LogP contribution in [0.3, 0.4) is 0 Å². The van der Waals surface area contributed by atoms with E-state index in [0.29, 0.717) is 0 Å². The Morgan fingerprint density at radius 2 is 1.57 bits per heavy atom. The molecular weight excluding hydrogens is 284 g/mol. The normalized spacial score (nSPS) is 14.3. The molecule has 0 aliphatic heterocycles. The van der Waals surface area contributed by atoms with Gasteiger partial charge in [0.05, 0.1) is 12.2 Å². The summed E-state index contributed by atoms with van der Waals surface area (Å²) in [6.45, 7) is 8.37. The van der Waals surface area contributed by atoms with E-state index in [4.69, 9.17) is 0 Å². The first-order valence-electron chi connectivity index (χ1n) is 9.06. The molecule has 0 saturated heterocycles. The average molecular weight is 319 g/mol. The maximum atomic E-state index is 10.4. The van der Waals surface area contributed by atoms with Crippen LogP contribution >= 0.6 is 0 Å². The Labute approximate surface area is 142 Å². The molecule has 0 heterocycles. The Bertz CT molecular complexity index is 468. The number of aryl methyl sites for hydroxylation is 3. The van der Waals surface area contributed by atoms with Crippen LogP contribution in [0.15, 0.2) is 24.3 Å². The zero-order valence-electron chi connectivity index (χ0n) is 15.3. The van der Waals surface area contributed by atoms with Gasteiger partial charge in [-0.05, 0) is 63.1 Å². The third-order valence-electron chi connectivity index (χ3n) is 4.40. The molecule has 1 aromatic carbocycles. The number of rotatable bonds is 10. The van der Waals surface area contributed by atoms with E-state index < -0.39 is 6.10 Å². The Morgan fingerprint density at radius 1 is 0.957 bits per heavy atom. The first-order chi connectivity index (χ1) is 11.0. The SMILES string of the molecule is CCCCCC(O)CCC/C=C/C(O)c1c(C)cc(C)cc1C. The molecule has 0 saturated carbocycles. The molecule has 0 spiro atoms. The van der Waals surface area contributed by atoms with Crippen LogP contribution in [0.2, 0.25) is 0 Å². The second-order valence-corrected chi connectivity index (χ2v) is 6.77. The number of unbranched alkanes of at least 4 members (excludes halogenated alkanes) is 3. The van der Waals surface area contributed by atoms with Crippen molar-refractivity contribution in [3.63, 3.8) is 0 Å². The minimum absolute atomic E-state index is 0.165. The lowest BCUT2D eigenvalue weighted by molar-refractivity contribution is 0.149. The smallest absolute Gasteiger partial charge is 0.0976 e. The van der Waals surface area contributed by atoms with Crippen LogP contribution in [-0.2, 0) is 0 Å². The third-order valence-corrected chi connectivity index (χ3v) is 4.40. The molecule has 0 aliphatic rings. The minimum atomic E-state index is -0.537. The molecule has 0 aliphatic carbocycles. The van der Waals surface area contributed by atoms with Gasteiger partial charge in [-0.25, -0.2) is 0 Å². The molecule has 2 unspecified atom stereocenters. The summed E-state index contributed by atoms with van der Waals surface area (Å²) in [5.74, 6) is 0. The quantitative estimate of drug-likeness (QED) is 0.453. The molecule has 0 amide bonds. The summed E-state index contributed by atoms with van der Waals surface area (Å²) in [6.07, 6.45) is 10.4. The van der Waals surface area contributed by atoms with Crippen molar-refractivity contribution in [3.05, 3.63) is 46.5 Å². The lowest BCUT2D eigenvalue weighted by atomic mass is 9.95. The fraction of sp³-hybridized carbons (Fsp3) is 0.619. The maximum absolute atomic E-state index is 10.4. The summed E-state index contributed by atoms with van der Waals surface area (Å²) in [5.41, 5.74) is 4.54. The second-order valence-electron chi connectivity index (χ2n) is 6.77. The Hall–Kier alpha value is -1.12. The molecular formula is C21H34O2. The van der Waals surface area contributed by atoms with E-state index in [1.165, 1.54) is 18.4 Å². The Kier molecular flexibility index (Phi) is 9.20. The van der Waals surface area contributed by atoms with Crippen molar-refractivity contribution in [2.45, 2.75) is 84.8 Å². The van der Waals surface area contributed by atoms with E-state index >= 15 is 0 Å². The van der Waals surface area contributed by atoms with Gasteiger partial charge in [0.2, 0.25) is 0 Å². The molecule has 2 atom stereocenters. The highest BCUT2D eigenvalue weighted by atomic mass is 16.3. The highest BCUT2D eigenvalue weighted by Crippen LogP contribution is 2.24. The number of hydrogen-bond acceptors (Lipinski definition) is 2. The van der Waals surface area contributed by atoms with Crippen molar-refractivity contribution < 1.29 is 10.2 Å². The van der Waals surface area contributed by atoms with Gasteiger partial charge in [-0.2, -0.15) is 0 Å². The molecule has 130 valence electrons. The van der Waals surface area contributed by atoms with Crippen molar-refractivity contribution in [2.75, 3.05) is 0 Å². The van der Waals surface area contributed by atoms with Crippen molar-refractivity contribution in [3.8, 4) is 0 Å². The van der Waals surface area contributed by atoms with Crippen LogP contribution in [0, 0.1) is 20.8 Å². The number of aliphatic hydroxyl groups is 2. The maximum Gasteiger partial charge on any atom is 0.0976 e. The predicted molar refractivity (Wildman–Crippen MR) is 98.8 cm³/mol. The minimum Gasteiger partial charge on any atom is -0.393 e. The van der Waals surface area contributed by atoms with E-state index in [0.717, 1.165) is 48.8 Å². The number of aliphatic hydroxyl groups excluding tert-OH is 2. The van der Waals surface area contributed by atoms with E-state index in [1.54, 1.807) is 0 Å². The molecule has 0 aromatic heterocycles. The first-order valence-corrected chi connectivity index (χ1v) is 9.06. The molecule has 0 bridgehead atoms. The summed E-state index contributed by atoms with van der Waals surface area (Å²) in [7, 11) is 0. The van der Waals surface area contributed by atoms with Gasteiger partial charge in [-0.15, -0.1) is 0 Å². The van der Waals surface area contributed by atoms with Gasteiger partial charge in [0.1, 0.15) is 0 Å². The lowest BCUT2D eigenvalue weighted by Gasteiger charge is -2.14. The fourth-order valence-electron chi connectivity index (χ4n) is 3.22. The van der Waals surface area contributed by atoms with Gasteiger partial charge >= 0.3 is 0 Å². The molecule has 2 N–H and O–H groups in total. The molecule has 0 fully saturated rings. The van der Waals surface area contributed by atoms with Crippen LogP contribution in [0.5, 0.6) is 0 Å². The van der Waals surface area contributed by atoms with Crippen LogP contribution in [-0.4, -0.2) is 16.3 Å². The number of hydrogen-bond donors (Lipinski definition) is 2. The fourth-order valence-corrected chi connectivity index (χ4v) is 3.22. The van der Waals surface area contributed by atoms with E-state index in [9.17, 15) is 10.2 Å². The van der Waals surface area contributed by atoms with Gasteiger partial charge in [-0.3, -0.25) is 0 Å². The molecule has 1 rings (SSSR count). The largest absolute Gasteiger partial charge is 0.393 e. The topological polar surface area (TPSA) is 40.5 Å². The van der Waals surface area contributed by atoms with Gasteiger partial charge in [0.25, 0.3) is 0 Å². The first kappa shape index (κ1) is 19.9. The summed E-state index contributed by atoms with van der Waals surface area (Å²) in [5, 5.41) is 20.3. The highest BCUT2D eigenvalue weighted by Gasteiger charge is 2.10. The van der Waals surface area contributed by atoms with E-state index in [2.05, 4.69) is 39.8 Å². The van der Waals surface area contributed by atoms with Gasteiger partial charge in [0, 0.05) is 0 Å². The Morgan fingerprint density at radius 3 is 2.17 bits per heavy atom. The van der Waals surface area contributed by atoms with Crippen molar-refractivity contribution in [1.82, 2.24) is 0 Å². The molecule has 0 radical (unpaired) electrons.